The van der Waals surface area contributed by atoms with Crippen molar-refractivity contribution < 1.29 is 23.1 Å². The summed E-state index contributed by atoms with van der Waals surface area (Å²) in [5.74, 6) is -2.46. The molecule has 0 saturated heterocycles. The van der Waals surface area contributed by atoms with E-state index in [2.05, 4.69) is 20.9 Å². The summed E-state index contributed by atoms with van der Waals surface area (Å²) in [6.07, 6.45) is -3.50. The van der Waals surface area contributed by atoms with Crippen molar-refractivity contribution >= 4 is 21.9 Å². The second kappa shape index (κ2) is 4.61. The van der Waals surface area contributed by atoms with Crippen LogP contribution < -0.4 is 0 Å². The molecule has 0 unspecified atom stereocenters. The Morgan fingerprint density at radius 2 is 2.20 bits per heavy atom. The molecular formula is C8H5BrF3NO2. The van der Waals surface area contributed by atoms with E-state index in [1.165, 1.54) is 0 Å². The van der Waals surface area contributed by atoms with Gasteiger partial charge in [-0.15, -0.1) is 0 Å². The molecule has 0 aromatic carbocycles. The predicted octanol–water partition coefficient (Wildman–Crippen LogP) is 2.55. The largest absolute Gasteiger partial charge is 0.481 e. The Bertz CT molecular complexity index is 374. The van der Waals surface area contributed by atoms with Gasteiger partial charge in [-0.05, 0) is 6.07 Å². The van der Waals surface area contributed by atoms with E-state index in [0.29, 0.717) is 0 Å². The first-order valence-corrected chi connectivity index (χ1v) is 4.56. The maximum atomic E-state index is 13.1. The Morgan fingerprint density at radius 3 is 2.60 bits per heavy atom. The van der Waals surface area contributed by atoms with E-state index in [9.17, 15) is 18.0 Å². The average Bonchev–Trinajstić information content (AvgIpc) is 2.10. The number of halogens is 4. The number of alkyl halides is 2. The molecule has 1 heterocycles. The highest BCUT2D eigenvalue weighted by Gasteiger charge is 2.18. The fourth-order valence-corrected chi connectivity index (χ4v) is 1.49. The zero-order chi connectivity index (χ0) is 11.6. The first-order valence-electron chi connectivity index (χ1n) is 3.76. The SMILES string of the molecule is O=C(O)Cc1c(Br)cc(C(F)F)nc1F. The quantitative estimate of drug-likeness (QED) is 0.868. The summed E-state index contributed by atoms with van der Waals surface area (Å²) in [5.41, 5.74) is -0.972. The molecular weight excluding hydrogens is 279 g/mol. The van der Waals surface area contributed by atoms with Gasteiger partial charge in [0, 0.05) is 10.0 Å². The maximum Gasteiger partial charge on any atom is 0.308 e. The minimum Gasteiger partial charge on any atom is -0.481 e. The number of nitrogens with zero attached hydrogens (tertiary/aromatic N) is 1. The number of aromatic nitrogens is 1. The van der Waals surface area contributed by atoms with E-state index in [0.717, 1.165) is 6.07 Å². The first-order chi connectivity index (χ1) is 6.91. The van der Waals surface area contributed by atoms with Crippen LogP contribution in [-0.4, -0.2) is 16.1 Å². The standard InChI is InChI=1S/C8H5BrF3NO2/c9-4-2-5(7(10)11)13-8(12)3(4)1-6(14)15/h2,7H,1H2,(H,14,15). The summed E-state index contributed by atoms with van der Waals surface area (Å²) in [4.78, 5) is 13.3. The highest BCUT2D eigenvalue weighted by atomic mass is 79.9. The summed E-state index contributed by atoms with van der Waals surface area (Å²) in [6, 6.07) is 0.909. The van der Waals surface area contributed by atoms with Crippen LogP contribution in [0, 0.1) is 5.95 Å². The number of hydrogen-bond acceptors (Lipinski definition) is 2. The van der Waals surface area contributed by atoms with Crippen LogP contribution in [0.4, 0.5) is 13.2 Å². The zero-order valence-electron chi connectivity index (χ0n) is 7.18. The molecule has 0 fully saturated rings. The van der Waals surface area contributed by atoms with Gasteiger partial charge in [-0.1, -0.05) is 15.9 Å². The number of carboxylic acids is 1. The maximum absolute atomic E-state index is 13.1. The second-order valence-electron chi connectivity index (χ2n) is 2.67. The molecule has 0 aliphatic carbocycles. The van der Waals surface area contributed by atoms with Crippen molar-refractivity contribution in [1.29, 1.82) is 0 Å². The molecule has 0 bridgehead atoms. The highest BCUT2D eigenvalue weighted by Crippen LogP contribution is 2.25. The molecule has 1 rings (SSSR count). The second-order valence-corrected chi connectivity index (χ2v) is 3.52. The minimum absolute atomic E-state index is 0.0206. The van der Waals surface area contributed by atoms with Crippen molar-refractivity contribution in [3.8, 4) is 0 Å². The lowest BCUT2D eigenvalue weighted by Crippen LogP contribution is -2.07. The lowest BCUT2D eigenvalue weighted by Gasteiger charge is -2.05. The molecule has 1 aromatic rings. The summed E-state index contributed by atoms with van der Waals surface area (Å²) < 4.78 is 37.4. The molecule has 0 aliphatic heterocycles. The fourth-order valence-electron chi connectivity index (χ4n) is 0.949. The van der Waals surface area contributed by atoms with Crippen molar-refractivity contribution in [2.24, 2.45) is 0 Å². The van der Waals surface area contributed by atoms with E-state index in [1.54, 1.807) is 0 Å². The number of rotatable bonds is 3. The normalized spacial score (nSPS) is 10.7. The van der Waals surface area contributed by atoms with E-state index in [1.807, 2.05) is 0 Å². The molecule has 0 saturated carbocycles. The third-order valence-electron chi connectivity index (χ3n) is 1.59. The van der Waals surface area contributed by atoms with Crippen LogP contribution >= 0.6 is 15.9 Å². The monoisotopic (exact) mass is 283 g/mol. The van der Waals surface area contributed by atoms with E-state index >= 15 is 0 Å². The van der Waals surface area contributed by atoms with Gasteiger partial charge in [0.15, 0.2) is 0 Å². The van der Waals surface area contributed by atoms with Crippen molar-refractivity contribution in [2.45, 2.75) is 12.8 Å². The van der Waals surface area contributed by atoms with Crippen LogP contribution in [0.15, 0.2) is 10.5 Å². The van der Waals surface area contributed by atoms with Crippen molar-refractivity contribution in [3.63, 3.8) is 0 Å². The van der Waals surface area contributed by atoms with Gasteiger partial charge < -0.3 is 5.11 Å². The predicted molar refractivity (Wildman–Crippen MR) is 48.2 cm³/mol. The van der Waals surface area contributed by atoms with Gasteiger partial charge in [-0.2, -0.15) is 4.39 Å². The van der Waals surface area contributed by atoms with Crippen LogP contribution in [0.5, 0.6) is 0 Å². The van der Waals surface area contributed by atoms with Gasteiger partial charge in [0.2, 0.25) is 5.95 Å². The third kappa shape index (κ3) is 2.92. The summed E-state index contributed by atoms with van der Waals surface area (Å²) in [5, 5.41) is 8.43. The Kier molecular flexibility index (Phi) is 3.67. The Morgan fingerprint density at radius 1 is 1.60 bits per heavy atom. The number of aliphatic carboxylic acids is 1. The van der Waals surface area contributed by atoms with E-state index in [-0.39, 0.29) is 10.0 Å². The lowest BCUT2D eigenvalue weighted by molar-refractivity contribution is -0.136. The van der Waals surface area contributed by atoms with E-state index < -0.39 is 30.5 Å². The zero-order valence-corrected chi connectivity index (χ0v) is 8.76. The molecule has 15 heavy (non-hydrogen) atoms. The molecule has 0 spiro atoms. The fraction of sp³-hybridized carbons (Fsp3) is 0.250. The van der Waals surface area contributed by atoms with Crippen LogP contribution in [0.25, 0.3) is 0 Å². The van der Waals surface area contributed by atoms with Gasteiger partial charge in [0.25, 0.3) is 6.43 Å². The molecule has 0 amide bonds. The van der Waals surface area contributed by atoms with Crippen LogP contribution in [0.2, 0.25) is 0 Å². The third-order valence-corrected chi connectivity index (χ3v) is 2.30. The summed E-state index contributed by atoms with van der Waals surface area (Å²) in [6.45, 7) is 0. The smallest absolute Gasteiger partial charge is 0.308 e. The highest BCUT2D eigenvalue weighted by molar-refractivity contribution is 9.10. The molecule has 0 atom stereocenters. The molecule has 1 aromatic heterocycles. The molecule has 7 heteroatoms. The molecule has 0 radical (unpaired) electrons. The van der Waals surface area contributed by atoms with Crippen LogP contribution in [-0.2, 0) is 11.2 Å². The van der Waals surface area contributed by atoms with Crippen molar-refractivity contribution in [1.82, 2.24) is 4.98 Å². The van der Waals surface area contributed by atoms with Crippen LogP contribution in [0.3, 0.4) is 0 Å². The molecule has 0 aliphatic rings. The first kappa shape index (κ1) is 12.0. The molecule has 82 valence electrons. The summed E-state index contributed by atoms with van der Waals surface area (Å²) >= 11 is 2.82. The van der Waals surface area contributed by atoms with Gasteiger partial charge in [-0.25, -0.2) is 13.8 Å². The van der Waals surface area contributed by atoms with Crippen molar-refractivity contribution in [3.05, 3.63) is 27.7 Å². The molecule has 1 N–H and O–H groups in total. The van der Waals surface area contributed by atoms with Gasteiger partial charge in [0.05, 0.1) is 6.42 Å². The number of carboxylic acid groups (broad SMARTS) is 1. The topological polar surface area (TPSA) is 50.2 Å². The molecule has 3 nitrogen and oxygen atoms in total. The average molecular weight is 284 g/mol. The Balaban J connectivity index is 3.15. The van der Waals surface area contributed by atoms with Gasteiger partial charge >= 0.3 is 5.97 Å². The number of pyridine rings is 1. The van der Waals surface area contributed by atoms with E-state index in [4.69, 9.17) is 5.11 Å². The Hall–Kier alpha value is -1.11. The van der Waals surface area contributed by atoms with Crippen LogP contribution in [0.1, 0.15) is 17.7 Å². The van der Waals surface area contributed by atoms with Gasteiger partial charge in [0.1, 0.15) is 5.69 Å². The lowest BCUT2D eigenvalue weighted by atomic mass is 10.2. The minimum atomic E-state index is -2.89. The van der Waals surface area contributed by atoms with Gasteiger partial charge in [-0.3, -0.25) is 4.79 Å². The number of hydrogen-bond donors (Lipinski definition) is 1. The number of carbonyl (C=O) groups is 1. The summed E-state index contributed by atoms with van der Waals surface area (Å²) in [7, 11) is 0. The Labute approximate surface area is 91.1 Å². The van der Waals surface area contributed by atoms with Crippen molar-refractivity contribution in [2.75, 3.05) is 0 Å².